The van der Waals surface area contributed by atoms with Gasteiger partial charge in [0, 0.05) is 16.6 Å². The van der Waals surface area contributed by atoms with Crippen LogP contribution in [0, 0.1) is 21.4 Å². The Kier molecular flexibility index (Phi) is 5.55. The highest BCUT2D eigenvalue weighted by atomic mass is 79.9. The largest absolute Gasteiger partial charge is 0.493 e. The molecule has 0 saturated carbocycles. The molecule has 2 aromatic rings. The van der Waals surface area contributed by atoms with Crippen LogP contribution in [0.2, 0.25) is 0 Å². The van der Waals surface area contributed by atoms with Crippen molar-refractivity contribution in [3.8, 4) is 17.6 Å². The van der Waals surface area contributed by atoms with Crippen LogP contribution in [0.1, 0.15) is 11.1 Å². The number of nitrogens with zero attached hydrogens (tertiary/aromatic N) is 2. The summed E-state index contributed by atoms with van der Waals surface area (Å²) >= 11 is 3.43. The minimum atomic E-state index is -0.482. The monoisotopic (exact) mass is 388 g/mol. The molecule has 6 nitrogen and oxygen atoms in total. The summed E-state index contributed by atoms with van der Waals surface area (Å²) in [5.41, 5.74) is 1.66. The third-order valence-electron chi connectivity index (χ3n) is 3.31. The lowest BCUT2D eigenvalue weighted by Crippen LogP contribution is -1.92. The molecule has 0 fully saturated rings. The lowest BCUT2D eigenvalue weighted by molar-refractivity contribution is -0.384. The smallest absolute Gasteiger partial charge is 0.269 e. The fraction of sp³-hybridized carbons (Fsp3) is 0.118. The second-order valence-electron chi connectivity index (χ2n) is 4.70. The number of nitro groups is 1. The molecule has 0 spiro atoms. The van der Waals surface area contributed by atoms with E-state index in [-0.39, 0.29) is 5.69 Å². The molecule has 7 heteroatoms. The van der Waals surface area contributed by atoms with Gasteiger partial charge in [-0.15, -0.1) is 0 Å². The van der Waals surface area contributed by atoms with Gasteiger partial charge < -0.3 is 9.47 Å². The maximum atomic E-state index is 10.7. The molecule has 122 valence electrons. The fourth-order valence-corrected chi connectivity index (χ4v) is 2.52. The first-order valence-corrected chi connectivity index (χ1v) is 7.57. The van der Waals surface area contributed by atoms with E-state index in [1.54, 1.807) is 30.3 Å². The van der Waals surface area contributed by atoms with Crippen LogP contribution in [-0.4, -0.2) is 19.1 Å². The summed E-state index contributed by atoms with van der Waals surface area (Å²) in [6, 6.07) is 11.4. The van der Waals surface area contributed by atoms with Crippen LogP contribution in [0.25, 0.3) is 11.6 Å². The van der Waals surface area contributed by atoms with E-state index in [0.29, 0.717) is 22.6 Å². The van der Waals surface area contributed by atoms with Gasteiger partial charge >= 0.3 is 0 Å². The van der Waals surface area contributed by atoms with Crippen molar-refractivity contribution < 1.29 is 14.4 Å². The van der Waals surface area contributed by atoms with Gasteiger partial charge in [-0.2, -0.15) is 5.26 Å². The van der Waals surface area contributed by atoms with Crippen LogP contribution in [-0.2, 0) is 0 Å². The Morgan fingerprint density at radius 3 is 2.29 bits per heavy atom. The SMILES string of the molecule is COc1cc(Br)c(/C=C(\C#N)c2ccc([N+](=O)[O-])cc2)cc1OC. The van der Waals surface area contributed by atoms with Crippen LogP contribution >= 0.6 is 15.9 Å². The number of hydrogen-bond acceptors (Lipinski definition) is 5. The quantitative estimate of drug-likeness (QED) is 0.327. The number of rotatable bonds is 5. The summed E-state index contributed by atoms with van der Waals surface area (Å²) in [4.78, 5) is 10.2. The number of nitro benzene ring substituents is 1. The molecule has 0 bridgehead atoms. The lowest BCUT2D eigenvalue weighted by atomic mass is 10.0. The third-order valence-corrected chi connectivity index (χ3v) is 4.00. The molecule has 0 amide bonds. The van der Waals surface area contributed by atoms with Gasteiger partial charge in [-0.25, -0.2) is 0 Å². The van der Waals surface area contributed by atoms with Crippen molar-refractivity contribution in [3.05, 3.63) is 62.1 Å². The van der Waals surface area contributed by atoms with Gasteiger partial charge in [0.05, 0.1) is 30.8 Å². The highest BCUT2D eigenvalue weighted by Gasteiger charge is 2.11. The second kappa shape index (κ2) is 7.62. The maximum absolute atomic E-state index is 10.7. The van der Waals surface area contributed by atoms with Crippen LogP contribution in [0.4, 0.5) is 5.69 Å². The normalized spacial score (nSPS) is 10.8. The van der Waals surface area contributed by atoms with Crippen molar-refractivity contribution in [1.29, 1.82) is 5.26 Å². The van der Waals surface area contributed by atoms with E-state index >= 15 is 0 Å². The highest BCUT2D eigenvalue weighted by molar-refractivity contribution is 9.10. The first kappa shape index (κ1) is 17.5. The van der Waals surface area contributed by atoms with E-state index in [4.69, 9.17) is 9.47 Å². The average Bonchev–Trinajstić information content (AvgIpc) is 2.60. The first-order valence-electron chi connectivity index (χ1n) is 6.78. The molecule has 0 radical (unpaired) electrons. The zero-order valence-corrected chi connectivity index (χ0v) is 14.5. The number of benzene rings is 2. The lowest BCUT2D eigenvalue weighted by Gasteiger charge is -2.10. The maximum Gasteiger partial charge on any atom is 0.269 e. The van der Waals surface area contributed by atoms with Gasteiger partial charge in [0.1, 0.15) is 0 Å². The molecule has 0 atom stereocenters. The molecule has 0 heterocycles. The molecule has 2 rings (SSSR count). The van der Waals surface area contributed by atoms with E-state index in [1.807, 2.05) is 0 Å². The Bertz CT molecular complexity index is 839. The summed E-state index contributed by atoms with van der Waals surface area (Å²) in [6.07, 6.45) is 1.67. The van der Waals surface area contributed by atoms with Crippen LogP contribution in [0.3, 0.4) is 0 Å². The van der Waals surface area contributed by atoms with Crippen molar-refractivity contribution in [2.24, 2.45) is 0 Å². The molecular formula is C17H13BrN2O4. The van der Waals surface area contributed by atoms with Gasteiger partial charge in [-0.3, -0.25) is 10.1 Å². The molecule has 0 aliphatic rings. The summed E-state index contributed by atoms with van der Waals surface area (Å²) in [5, 5.41) is 20.1. The number of methoxy groups -OCH3 is 2. The molecule has 0 N–H and O–H groups in total. The summed E-state index contributed by atoms with van der Waals surface area (Å²) in [5.74, 6) is 1.10. The highest BCUT2D eigenvalue weighted by Crippen LogP contribution is 2.35. The van der Waals surface area contributed by atoms with E-state index in [2.05, 4.69) is 22.0 Å². The minimum absolute atomic E-state index is 0.0247. The molecule has 24 heavy (non-hydrogen) atoms. The number of allylic oxidation sites excluding steroid dienone is 1. The zero-order chi connectivity index (χ0) is 17.7. The Morgan fingerprint density at radius 2 is 1.79 bits per heavy atom. The van der Waals surface area contributed by atoms with Crippen LogP contribution in [0.15, 0.2) is 40.9 Å². The van der Waals surface area contributed by atoms with E-state index in [0.717, 1.165) is 10.0 Å². The topological polar surface area (TPSA) is 85.4 Å². The molecule has 0 aliphatic heterocycles. The van der Waals surface area contributed by atoms with Crippen molar-refractivity contribution in [3.63, 3.8) is 0 Å². The standard InChI is InChI=1S/C17H13BrN2O4/c1-23-16-8-12(15(18)9-17(16)24-2)7-13(10-19)11-3-5-14(6-4-11)20(21)22/h3-9H,1-2H3/b13-7+. The van der Waals surface area contributed by atoms with E-state index in [9.17, 15) is 15.4 Å². The van der Waals surface area contributed by atoms with Gasteiger partial charge in [0.2, 0.25) is 0 Å². The summed E-state index contributed by atoms with van der Waals surface area (Å²) < 4.78 is 11.2. The van der Waals surface area contributed by atoms with Crippen molar-refractivity contribution in [1.82, 2.24) is 0 Å². The molecule has 0 aromatic heterocycles. The number of halogens is 1. The van der Waals surface area contributed by atoms with E-state index in [1.165, 1.54) is 26.4 Å². The van der Waals surface area contributed by atoms with Crippen molar-refractivity contribution in [2.45, 2.75) is 0 Å². The van der Waals surface area contributed by atoms with Crippen LogP contribution < -0.4 is 9.47 Å². The van der Waals surface area contributed by atoms with Crippen LogP contribution in [0.5, 0.6) is 11.5 Å². The number of hydrogen-bond donors (Lipinski definition) is 0. The number of nitriles is 1. The predicted molar refractivity (Wildman–Crippen MR) is 93.8 cm³/mol. The van der Waals surface area contributed by atoms with Gasteiger partial charge in [-0.1, -0.05) is 15.9 Å². The summed E-state index contributed by atoms with van der Waals surface area (Å²) in [6.45, 7) is 0. The number of ether oxygens (including phenoxy) is 2. The molecule has 2 aromatic carbocycles. The number of non-ortho nitro benzene ring substituents is 1. The average molecular weight is 389 g/mol. The predicted octanol–water partition coefficient (Wildman–Crippen LogP) is 4.44. The first-order chi connectivity index (χ1) is 11.5. The summed E-state index contributed by atoms with van der Waals surface area (Å²) in [7, 11) is 3.07. The Morgan fingerprint density at radius 1 is 1.21 bits per heavy atom. The van der Waals surface area contributed by atoms with Gasteiger partial charge in [0.15, 0.2) is 11.5 Å². The van der Waals surface area contributed by atoms with Crippen molar-refractivity contribution >= 4 is 33.3 Å². The zero-order valence-electron chi connectivity index (χ0n) is 12.9. The Hall–Kier alpha value is -2.85. The minimum Gasteiger partial charge on any atom is -0.493 e. The van der Waals surface area contributed by atoms with Crippen molar-refractivity contribution in [2.75, 3.05) is 14.2 Å². The Labute approximate surface area is 147 Å². The third kappa shape index (κ3) is 3.73. The second-order valence-corrected chi connectivity index (χ2v) is 5.56. The van der Waals surface area contributed by atoms with E-state index < -0.39 is 4.92 Å². The Balaban J connectivity index is 2.47. The fourth-order valence-electron chi connectivity index (χ4n) is 2.08. The van der Waals surface area contributed by atoms with Gasteiger partial charge in [-0.05, 0) is 41.5 Å². The molecule has 0 saturated heterocycles. The molecule has 0 aliphatic carbocycles. The molecular weight excluding hydrogens is 376 g/mol. The van der Waals surface area contributed by atoms with Gasteiger partial charge in [0.25, 0.3) is 5.69 Å². The molecule has 0 unspecified atom stereocenters.